The van der Waals surface area contributed by atoms with Gasteiger partial charge in [-0.25, -0.2) is 0 Å². The molecular weight excluding hydrogens is 172 g/mol. The van der Waals surface area contributed by atoms with Gasteiger partial charge in [-0.2, -0.15) is 0 Å². The van der Waals surface area contributed by atoms with E-state index in [1.165, 1.54) is 45.1 Å². The van der Waals surface area contributed by atoms with Crippen LogP contribution in [0.5, 0.6) is 0 Å². The van der Waals surface area contributed by atoms with Crippen molar-refractivity contribution in [1.29, 1.82) is 0 Å². The Bertz CT molecular complexity index is 170. The predicted octanol–water partition coefficient (Wildman–Crippen LogP) is 2.73. The molecule has 1 aliphatic rings. The summed E-state index contributed by atoms with van der Waals surface area (Å²) in [6, 6.07) is 0. The van der Waals surface area contributed by atoms with E-state index in [0.29, 0.717) is 11.7 Å². The summed E-state index contributed by atoms with van der Waals surface area (Å²) >= 11 is 0. The van der Waals surface area contributed by atoms with E-state index >= 15 is 0 Å². The molecule has 2 unspecified atom stereocenters. The van der Waals surface area contributed by atoms with E-state index in [1.54, 1.807) is 0 Å². The van der Waals surface area contributed by atoms with Gasteiger partial charge in [-0.05, 0) is 39.0 Å². The second-order valence-corrected chi connectivity index (χ2v) is 4.86. The van der Waals surface area contributed by atoms with Gasteiger partial charge in [0.1, 0.15) is 0 Å². The fraction of sp³-hybridized carbons (Fsp3) is 1.00. The van der Waals surface area contributed by atoms with E-state index in [0.717, 1.165) is 0 Å². The van der Waals surface area contributed by atoms with Crippen LogP contribution in [0.1, 0.15) is 59.3 Å². The first kappa shape index (κ1) is 12.0. The average molecular weight is 198 g/mol. The molecule has 0 bridgehead atoms. The first-order valence-corrected chi connectivity index (χ1v) is 6.16. The van der Waals surface area contributed by atoms with Crippen LogP contribution in [-0.4, -0.2) is 23.1 Å². The van der Waals surface area contributed by atoms with Gasteiger partial charge < -0.3 is 5.73 Å². The third kappa shape index (κ3) is 2.48. The summed E-state index contributed by atoms with van der Waals surface area (Å²) in [4.78, 5) is 2.54. The minimum Gasteiger partial charge on any atom is -0.316 e. The zero-order chi connectivity index (χ0) is 10.6. The lowest BCUT2D eigenvalue weighted by atomic mass is 9.88. The van der Waals surface area contributed by atoms with Gasteiger partial charge in [-0.1, -0.05) is 20.3 Å². The molecule has 0 aromatic heterocycles. The molecule has 0 amide bonds. The number of nitrogens with two attached hydrogens (primary N) is 1. The van der Waals surface area contributed by atoms with Crippen LogP contribution in [0.15, 0.2) is 0 Å². The van der Waals surface area contributed by atoms with Crippen molar-refractivity contribution in [2.75, 3.05) is 6.54 Å². The Hall–Kier alpha value is -0.0800. The van der Waals surface area contributed by atoms with Crippen molar-refractivity contribution in [2.24, 2.45) is 5.73 Å². The van der Waals surface area contributed by atoms with E-state index in [9.17, 15) is 0 Å². The second-order valence-electron chi connectivity index (χ2n) is 4.86. The molecular formula is C12H26N2. The van der Waals surface area contributed by atoms with Crippen molar-refractivity contribution in [3.8, 4) is 0 Å². The lowest BCUT2D eigenvalue weighted by Crippen LogP contribution is -2.57. The molecule has 1 rings (SSSR count). The maximum absolute atomic E-state index is 6.20. The molecule has 2 nitrogen and oxygen atoms in total. The first-order valence-electron chi connectivity index (χ1n) is 6.16. The van der Waals surface area contributed by atoms with Crippen molar-refractivity contribution in [1.82, 2.24) is 4.90 Å². The van der Waals surface area contributed by atoms with Crippen LogP contribution in [0.25, 0.3) is 0 Å². The molecule has 0 aromatic carbocycles. The smallest absolute Gasteiger partial charge is 0.0576 e. The lowest BCUT2D eigenvalue weighted by molar-refractivity contribution is 0.0216. The monoisotopic (exact) mass is 198 g/mol. The summed E-state index contributed by atoms with van der Waals surface area (Å²) in [5.74, 6) is 0. The molecule has 2 atom stereocenters. The molecule has 1 aliphatic heterocycles. The zero-order valence-corrected chi connectivity index (χ0v) is 10.1. The molecule has 14 heavy (non-hydrogen) atoms. The zero-order valence-electron chi connectivity index (χ0n) is 10.1. The fourth-order valence-electron chi connectivity index (χ4n) is 2.69. The highest BCUT2D eigenvalue weighted by Gasteiger charge is 2.33. The van der Waals surface area contributed by atoms with E-state index < -0.39 is 0 Å². The summed E-state index contributed by atoms with van der Waals surface area (Å²) in [5, 5.41) is 0. The quantitative estimate of drug-likeness (QED) is 0.752. The minimum absolute atomic E-state index is 0.306. The van der Waals surface area contributed by atoms with E-state index in [1.807, 2.05) is 0 Å². The van der Waals surface area contributed by atoms with E-state index in [-0.39, 0.29) is 0 Å². The van der Waals surface area contributed by atoms with Gasteiger partial charge in [0.25, 0.3) is 0 Å². The Kier molecular flexibility index (Phi) is 4.39. The molecule has 1 fully saturated rings. The molecule has 0 radical (unpaired) electrons. The minimum atomic E-state index is 0.306. The Morgan fingerprint density at radius 3 is 2.57 bits per heavy atom. The highest BCUT2D eigenvalue weighted by molar-refractivity contribution is 4.89. The topological polar surface area (TPSA) is 29.3 Å². The van der Waals surface area contributed by atoms with Crippen LogP contribution in [-0.2, 0) is 0 Å². The third-order valence-electron chi connectivity index (χ3n) is 3.79. The molecule has 2 N–H and O–H groups in total. The Labute approximate surface area is 88.8 Å². The number of hydrogen-bond donors (Lipinski definition) is 1. The van der Waals surface area contributed by atoms with Crippen molar-refractivity contribution < 1.29 is 0 Å². The predicted molar refractivity (Wildman–Crippen MR) is 62.1 cm³/mol. The van der Waals surface area contributed by atoms with Crippen LogP contribution in [0.3, 0.4) is 0 Å². The summed E-state index contributed by atoms with van der Waals surface area (Å²) in [6.07, 6.45) is 7.87. The SMILES string of the molecule is CCCC(C)(CC)N1CCCCC1N. The van der Waals surface area contributed by atoms with Crippen LogP contribution < -0.4 is 5.73 Å². The van der Waals surface area contributed by atoms with Gasteiger partial charge in [0, 0.05) is 12.1 Å². The van der Waals surface area contributed by atoms with Crippen molar-refractivity contribution in [2.45, 2.75) is 71.0 Å². The molecule has 0 spiro atoms. The molecule has 84 valence electrons. The highest BCUT2D eigenvalue weighted by atomic mass is 15.3. The molecule has 0 saturated carbocycles. The average Bonchev–Trinajstić information content (AvgIpc) is 2.18. The molecule has 2 heteroatoms. The Morgan fingerprint density at radius 1 is 1.36 bits per heavy atom. The van der Waals surface area contributed by atoms with E-state index in [2.05, 4.69) is 25.7 Å². The van der Waals surface area contributed by atoms with E-state index in [4.69, 9.17) is 5.73 Å². The lowest BCUT2D eigenvalue weighted by Gasteiger charge is -2.46. The molecule has 0 aliphatic carbocycles. The second kappa shape index (κ2) is 5.13. The Morgan fingerprint density at radius 2 is 2.07 bits per heavy atom. The molecule has 1 heterocycles. The van der Waals surface area contributed by atoms with Crippen LogP contribution in [0.2, 0.25) is 0 Å². The number of nitrogens with zero attached hydrogens (tertiary/aromatic N) is 1. The number of piperidine rings is 1. The third-order valence-corrected chi connectivity index (χ3v) is 3.79. The maximum Gasteiger partial charge on any atom is 0.0576 e. The van der Waals surface area contributed by atoms with Gasteiger partial charge in [0.05, 0.1) is 6.17 Å². The van der Waals surface area contributed by atoms with Gasteiger partial charge >= 0.3 is 0 Å². The summed E-state index contributed by atoms with van der Waals surface area (Å²) < 4.78 is 0. The molecule has 0 aromatic rings. The summed E-state index contributed by atoms with van der Waals surface area (Å²) in [7, 11) is 0. The normalized spacial score (nSPS) is 28.7. The van der Waals surface area contributed by atoms with Crippen LogP contribution in [0, 0.1) is 0 Å². The largest absolute Gasteiger partial charge is 0.316 e. The van der Waals surface area contributed by atoms with Crippen LogP contribution in [0.4, 0.5) is 0 Å². The number of likely N-dealkylation sites (tertiary alicyclic amines) is 1. The molecule has 1 saturated heterocycles. The van der Waals surface area contributed by atoms with Crippen LogP contribution >= 0.6 is 0 Å². The highest BCUT2D eigenvalue weighted by Crippen LogP contribution is 2.30. The van der Waals surface area contributed by atoms with Gasteiger partial charge in [-0.3, -0.25) is 4.90 Å². The van der Waals surface area contributed by atoms with Gasteiger partial charge in [0.15, 0.2) is 0 Å². The summed E-state index contributed by atoms with van der Waals surface area (Å²) in [6.45, 7) is 8.13. The fourth-order valence-corrected chi connectivity index (χ4v) is 2.69. The Balaban J connectivity index is 2.65. The summed E-state index contributed by atoms with van der Waals surface area (Å²) in [5.41, 5.74) is 6.54. The number of hydrogen-bond acceptors (Lipinski definition) is 2. The van der Waals surface area contributed by atoms with Crippen molar-refractivity contribution >= 4 is 0 Å². The first-order chi connectivity index (χ1) is 6.64. The standard InChI is InChI=1S/C12H26N2/c1-4-9-12(3,5-2)14-10-7-6-8-11(14)13/h11H,4-10,13H2,1-3H3. The maximum atomic E-state index is 6.20. The number of rotatable bonds is 4. The van der Waals surface area contributed by atoms with Crippen molar-refractivity contribution in [3.63, 3.8) is 0 Å². The van der Waals surface area contributed by atoms with Crippen molar-refractivity contribution in [3.05, 3.63) is 0 Å². The van der Waals surface area contributed by atoms with Gasteiger partial charge in [-0.15, -0.1) is 0 Å². The van der Waals surface area contributed by atoms with Gasteiger partial charge in [0.2, 0.25) is 0 Å².